The maximum atomic E-state index is 2.50. The second-order valence-electron chi connectivity index (χ2n) is 9.97. The van der Waals surface area contributed by atoms with E-state index in [0.29, 0.717) is 0 Å². The van der Waals surface area contributed by atoms with Gasteiger partial charge in [0.2, 0.25) is 0 Å². The molecule has 2 aliphatic carbocycles. The van der Waals surface area contributed by atoms with Gasteiger partial charge in [-0.2, -0.15) is 0 Å². The van der Waals surface area contributed by atoms with Crippen molar-refractivity contribution in [2.24, 2.45) is 0 Å². The standard InChI is InChI=1S/C22H19N.C13H10.6C2H6/c1-2-23-21-10-6-5-9-18(21)19-12-11-17-13-15-7-3-4-8-16(15)14-20(17)22(19)23;1-3-7-12-10(5-1)9-11-6-2-4-8-13(11)12;6*1-2/h3-12H,2,13-14H2,1H3;1-8H,9H2;6*1-2H3. The summed E-state index contributed by atoms with van der Waals surface area (Å²) in [5.74, 6) is 0. The molecule has 0 fully saturated rings. The van der Waals surface area contributed by atoms with Gasteiger partial charge in [-0.25, -0.2) is 0 Å². The van der Waals surface area contributed by atoms with Crippen LogP contribution >= 0.6 is 0 Å². The normalized spacial score (nSPS) is 10.4. The topological polar surface area (TPSA) is 4.93 Å². The molecular weight excluding hydrogens is 579 g/mol. The number of nitrogens with zero attached hydrogens (tertiary/aromatic N) is 1. The van der Waals surface area contributed by atoms with Gasteiger partial charge in [0.25, 0.3) is 0 Å². The van der Waals surface area contributed by atoms with Crippen molar-refractivity contribution in [2.75, 3.05) is 0 Å². The van der Waals surface area contributed by atoms with Gasteiger partial charge in [-0.3, -0.25) is 0 Å². The molecule has 0 aliphatic heterocycles. The SMILES string of the molecule is CC.CC.CC.CC.CC.CC.CCn1c2ccccc2c2ccc3c(c21)Cc1ccccc1C3.c1ccc2c(c1)Cc1ccccc1-2. The molecule has 1 heterocycles. The second-order valence-corrected chi connectivity index (χ2v) is 9.97. The van der Waals surface area contributed by atoms with Crippen molar-refractivity contribution in [1.82, 2.24) is 4.57 Å². The Bertz CT molecular complexity index is 1710. The van der Waals surface area contributed by atoms with E-state index in [1.165, 1.54) is 66.3 Å². The molecule has 1 aromatic heterocycles. The van der Waals surface area contributed by atoms with Gasteiger partial charge >= 0.3 is 0 Å². The highest BCUT2D eigenvalue weighted by Gasteiger charge is 2.21. The predicted molar refractivity (Wildman–Crippen MR) is 220 cm³/mol. The molecule has 2 aliphatic rings. The lowest BCUT2D eigenvalue weighted by Crippen LogP contribution is -2.09. The van der Waals surface area contributed by atoms with Gasteiger partial charge in [0, 0.05) is 29.3 Å². The number of hydrogen-bond donors (Lipinski definition) is 0. The highest BCUT2D eigenvalue weighted by Crippen LogP contribution is 2.38. The van der Waals surface area contributed by atoms with Crippen LogP contribution in [0.2, 0.25) is 0 Å². The third-order valence-corrected chi connectivity index (χ3v) is 8.02. The quantitative estimate of drug-likeness (QED) is 0.168. The Morgan fingerprint density at radius 3 is 1.33 bits per heavy atom. The second kappa shape index (κ2) is 23.3. The summed E-state index contributed by atoms with van der Waals surface area (Å²) in [4.78, 5) is 0. The molecule has 8 rings (SSSR count). The van der Waals surface area contributed by atoms with Gasteiger partial charge in [-0.15, -0.1) is 0 Å². The first-order valence-corrected chi connectivity index (χ1v) is 19.1. The first-order valence-electron chi connectivity index (χ1n) is 19.1. The maximum absolute atomic E-state index is 2.50. The average Bonchev–Trinajstić information content (AvgIpc) is 3.75. The Labute approximate surface area is 295 Å². The Balaban J connectivity index is 0.000000393. The van der Waals surface area contributed by atoms with Crippen LogP contribution in [-0.4, -0.2) is 4.57 Å². The molecule has 1 heteroatoms. The van der Waals surface area contributed by atoms with Gasteiger partial charge in [-0.05, 0) is 70.3 Å². The summed E-state index contributed by atoms with van der Waals surface area (Å²) in [5, 5.41) is 2.78. The third-order valence-electron chi connectivity index (χ3n) is 8.02. The highest BCUT2D eigenvalue weighted by molar-refractivity contribution is 6.09. The summed E-state index contributed by atoms with van der Waals surface area (Å²) < 4.78 is 2.50. The van der Waals surface area contributed by atoms with E-state index in [-0.39, 0.29) is 0 Å². The van der Waals surface area contributed by atoms with E-state index in [1.54, 1.807) is 0 Å². The molecule has 0 saturated heterocycles. The van der Waals surface area contributed by atoms with Crippen LogP contribution in [0.1, 0.15) is 123 Å². The van der Waals surface area contributed by atoms with E-state index in [0.717, 1.165) is 25.8 Å². The van der Waals surface area contributed by atoms with Crippen LogP contribution in [0.5, 0.6) is 0 Å². The van der Waals surface area contributed by atoms with E-state index in [9.17, 15) is 0 Å². The minimum absolute atomic E-state index is 1.02. The molecule has 258 valence electrons. The number of aryl methyl sites for hydroxylation is 1. The fourth-order valence-corrected chi connectivity index (χ4v) is 6.33. The molecule has 48 heavy (non-hydrogen) atoms. The number of rotatable bonds is 1. The van der Waals surface area contributed by atoms with E-state index in [1.807, 2.05) is 83.1 Å². The third kappa shape index (κ3) is 9.28. The van der Waals surface area contributed by atoms with E-state index >= 15 is 0 Å². The molecule has 0 unspecified atom stereocenters. The molecule has 1 nitrogen and oxygen atoms in total. The lowest BCUT2D eigenvalue weighted by atomic mass is 9.85. The van der Waals surface area contributed by atoms with Crippen molar-refractivity contribution in [1.29, 1.82) is 0 Å². The Hall–Kier alpha value is -4.10. The maximum Gasteiger partial charge on any atom is 0.0530 e. The van der Waals surface area contributed by atoms with Crippen LogP contribution in [0.4, 0.5) is 0 Å². The fraction of sp³-hybridized carbons (Fsp3) is 0.362. The van der Waals surface area contributed by atoms with Crippen molar-refractivity contribution in [2.45, 2.75) is 116 Å². The monoisotopic (exact) mass is 644 g/mol. The summed E-state index contributed by atoms with van der Waals surface area (Å²) in [7, 11) is 0. The zero-order valence-corrected chi connectivity index (χ0v) is 32.7. The van der Waals surface area contributed by atoms with Gasteiger partial charge < -0.3 is 4.57 Å². The number of aromatic nitrogens is 1. The van der Waals surface area contributed by atoms with Gasteiger partial charge in [0.05, 0.1) is 5.52 Å². The van der Waals surface area contributed by atoms with Crippen molar-refractivity contribution in [3.8, 4) is 11.1 Å². The summed E-state index contributed by atoms with van der Waals surface area (Å²) in [6, 6.07) is 39.7. The summed E-state index contributed by atoms with van der Waals surface area (Å²) in [6.45, 7) is 27.3. The molecule has 0 saturated carbocycles. The van der Waals surface area contributed by atoms with Crippen LogP contribution in [0, 0.1) is 0 Å². The zero-order chi connectivity index (χ0) is 36.1. The molecular formula is C47H65N. The van der Waals surface area contributed by atoms with E-state index in [2.05, 4.69) is 121 Å². The van der Waals surface area contributed by atoms with Crippen molar-refractivity contribution in [3.05, 3.63) is 143 Å². The van der Waals surface area contributed by atoms with Crippen molar-refractivity contribution < 1.29 is 0 Å². The molecule has 0 N–H and O–H groups in total. The number of hydrogen-bond acceptors (Lipinski definition) is 0. The lowest BCUT2D eigenvalue weighted by Gasteiger charge is -2.21. The summed E-state index contributed by atoms with van der Waals surface area (Å²) in [5.41, 5.74) is 14.5. The van der Waals surface area contributed by atoms with Crippen LogP contribution in [0.3, 0.4) is 0 Å². The highest BCUT2D eigenvalue weighted by atomic mass is 15.0. The number of benzene rings is 5. The number of fused-ring (bicyclic) bond motifs is 9. The molecule has 0 bridgehead atoms. The molecule has 0 radical (unpaired) electrons. The van der Waals surface area contributed by atoms with Crippen molar-refractivity contribution in [3.63, 3.8) is 0 Å². The largest absolute Gasteiger partial charge is 0.341 e. The van der Waals surface area contributed by atoms with Crippen molar-refractivity contribution >= 4 is 21.8 Å². The Morgan fingerprint density at radius 2 is 0.812 bits per heavy atom. The van der Waals surface area contributed by atoms with Gasteiger partial charge in [0.1, 0.15) is 0 Å². The van der Waals surface area contributed by atoms with Crippen LogP contribution < -0.4 is 0 Å². The molecule has 0 atom stereocenters. The smallest absolute Gasteiger partial charge is 0.0530 e. The Kier molecular flexibility index (Phi) is 20.3. The molecule has 6 aromatic rings. The molecule has 0 spiro atoms. The van der Waals surface area contributed by atoms with Crippen LogP contribution in [0.15, 0.2) is 109 Å². The molecule has 0 amide bonds. The van der Waals surface area contributed by atoms with Gasteiger partial charge in [0.15, 0.2) is 0 Å². The summed E-state index contributed by atoms with van der Waals surface area (Å²) >= 11 is 0. The fourth-order valence-electron chi connectivity index (χ4n) is 6.33. The lowest BCUT2D eigenvalue weighted by molar-refractivity contribution is 0.819. The zero-order valence-electron chi connectivity index (χ0n) is 32.7. The summed E-state index contributed by atoms with van der Waals surface area (Å²) in [6.07, 6.45) is 3.22. The van der Waals surface area contributed by atoms with Gasteiger partial charge in [-0.1, -0.05) is 186 Å². The average molecular weight is 644 g/mol. The first-order chi connectivity index (χ1) is 23.8. The minimum Gasteiger partial charge on any atom is -0.341 e. The van der Waals surface area contributed by atoms with E-state index < -0.39 is 0 Å². The predicted octanol–water partition coefficient (Wildman–Crippen LogP) is 14.7. The number of para-hydroxylation sites is 1. The minimum atomic E-state index is 1.02. The Morgan fingerprint density at radius 1 is 0.396 bits per heavy atom. The van der Waals surface area contributed by atoms with E-state index in [4.69, 9.17) is 0 Å². The molecule has 5 aromatic carbocycles. The first kappa shape index (κ1) is 41.9. The van der Waals surface area contributed by atoms with Crippen LogP contribution in [-0.2, 0) is 25.8 Å². The van der Waals surface area contributed by atoms with Crippen LogP contribution in [0.25, 0.3) is 32.9 Å².